The van der Waals surface area contributed by atoms with Crippen LogP contribution in [0.5, 0.6) is 0 Å². The quantitative estimate of drug-likeness (QED) is 0.817. The van der Waals surface area contributed by atoms with E-state index in [1.54, 1.807) is 11.8 Å². The third-order valence-corrected chi connectivity index (χ3v) is 4.16. The second kappa shape index (κ2) is 7.74. The van der Waals surface area contributed by atoms with E-state index in [1.165, 1.54) is 0 Å². The Morgan fingerprint density at radius 2 is 2.12 bits per heavy atom. The van der Waals surface area contributed by atoms with Gasteiger partial charge in [0.2, 0.25) is 5.91 Å². The topological polar surface area (TPSA) is 87.5 Å². The van der Waals surface area contributed by atoms with Crippen molar-refractivity contribution in [3.05, 3.63) is 46.8 Å². The van der Waals surface area contributed by atoms with E-state index in [0.29, 0.717) is 18.8 Å². The van der Waals surface area contributed by atoms with Crippen molar-refractivity contribution in [2.24, 2.45) is 0 Å². The molecule has 1 aromatic heterocycles. The molecule has 0 unspecified atom stereocenters. The number of nitrogens with zero attached hydrogens (tertiary/aromatic N) is 2. The van der Waals surface area contributed by atoms with Crippen molar-refractivity contribution < 1.29 is 14.1 Å². The van der Waals surface area contributed by atoms with Gasteiger partial charge in [-0.1, -0.05) is 17.0 Å². The fourth-order valence-corrected chi connectivity index (χ4v) is 2.71. The highest BCUT2D eigenvalue weighted by Gasteiger charge is 2.20. The zero-order chi connectivity index (χ0) is 18.5. The Bertz CT molecular complexity index is 855. The van der Waals surface area contributed by atoms with Crippen LogP contribution in [0.2, 0.25) is 0 Å². The van der Waals surface area contributed by atoms with Gasteiger partial charge < -0.3 is 15.2 Å². The number of carbonyl (C=O) groups excluding carboxylic acids is 2. The van der Waals surface area contributed by atoms with Gasteiger partial charge in [-0.25, -0.2) is 4.79 Å². The maximum absolute atomic E-state index is 12.0. The van der Waals surface area contributed by atoms with Crippen LogP contribution in [0.1, 0.15) is 22.6 Å². The summed E-state index contributed by atoms with van der Waals surface area (Å²) >= 11 is 0. The maximum atomic E-state index is 12.0. The predicted molar refractivity (Wildman–Crippen MR) is 96.8 cm³/mol. The van der Waals surface area contributed by atoms with E-state index >= 15 is 0 Å². The number of carbonyl (C=O) groups is 2. The summed E-state index contributed by atoms with van der Waals surface area (Å²) in [6, 6.07) is 7.37. The molecular weight excluding hydrogens is 332 g/mol. The van der Waals surface area contributed by atoms with Gasteiger partial charge in [0.1, 0.15) is 5.76 Å². The smallest absolute Gasteiger partial charge is 0.321 e. The average molecular weight is 352 g/mol. The molecule has 2 N–H and O–H groups in total. The minimum Gasteiger partial charge on any atom is -0.361 e. The molecule has 0 bridgehead atoms. The third-order valence-electron chi connectivity index (χ3n) is 4.16. The Kier molecular flexibility index (Phi) is 5.23. The number of aryl methyl sites for hydroxylation is 2. The summed E-state index contributed by atoms with van der Waals surface area (Å²) in [4.78, 5) is 25.3. The molecule has 0 spiro atoms. The molecule has 2 aromatic rings. The third kappa shape index (κ3) is 4.03. The minimum absolute atomic E-state index is 0.0788. The minimum atomic E-state index is -0.121. The van der Waals surface area contributed by atoms with Crippen molar-refractivity contribution in [2.45, 2.75) is 20.3 Å². The summed E-state index contributed by atoms with van der Waals surface area (Å²) in [5.41, 5.74) is 3.22. The first-order valence-corrected chi connectivity index (χ1v) is 8.37. The Morgan fingerprint density at radius 3 is 2.73 bits per heavy atom. The number of urea groups is 1. The molecule has 1 aliphatic rings. The van der Waals surface area contributed by atoms with Gasteiger partial charge in [0.25, 0.3) is 0 Å². The zero-order valence-corrected chi connectivity index (χ0v) is 14.8. The summed E-state index contributed by atoms with van der Waals surface area (Å²) in [5, 5.41) is 9.37. The van der Waals surface area contributed by atoms with Crippen molar-refractivity contribution >= 4 is 17.6 Å². The van der Waals surface area contributed by atoms with Gasteiger partial charge in [0, 0.05) is 29.9 Å². The number of hydrogen-bond acceptors (Lipinski definition) is 4. The molecule has 7 heteroatoms. The number of hydrogen-bond donors (Lipinski definition) is 2. The number of amides is 3. The summed E-state index contributed by atoms with van der Waals surface area (Å²) in [6.45, 7) is 5.19. The predicted octanol–water partition coefficient (Wildman–Crippen LogP) is 1.53. The van der Waals surface area contributed by atoms with Crippen LogP contribution in [0, 0.1) is 25.7 Å². The monoisotopic (exact) mass is 352 g/mol. The van der Waals surface area contributed by atoms with Crippen LogP contribution < -0.4 is 15.5 Å². The van der Waals surface area contributed by atoms with E-state index in [1.807, 2.05) is 31.2 Å². The molecule has 0 saturated carbocycles. The molecule has 1 aliphatic heterocycles. The zero-order valence-electron chi connectivity index (χ0n) is 14.8. The summed E-state index contributed by atoms with van der Waals surface area (Å²) < 4.78 is 5.05. The fourth-order valence-electron chi connectivity index (χ4n) is 2.71. The van der Waals surface area contributed by atoms with Crippen LogP contribution in [0.15, 0.2) is 28.8 Å². The van der Waals surface area contributed by atoms with E-state index in [2.05, 4.69) is 27.6 Å². The van der Waals surface area contributed by atoms with Crippen LogP contribution in [0.4, 0.5) is 10.5 Å². The number of rotatable bonds is 4. The molecule has 3 amide bonds. The average Bonchev–Trinajstić information content (AvgIpc) is 3.20. The Balaban J connectivity index is 1.50. The lowest BCUT2D eigenvalue weighted by atomic mass is 10.1. The summed E-state index contributed by atoms with van der Waals surface area (Å²) in [6.07, 6.45) is 0.232. The molecular formula is C19H20N4O3. The van der Waals surface area contributed by atoms with Crippen molar-refractivity contribution in [3.63, 3.8) is 0 Å². The molecule has 7 nitrogen and oxygen atoms in total. The highest BCUT2D eigenvalue weighted by atomic mass is 16.5. The van der Waals surface area contributed by atoms with Gasteiger partial charge in [-0.05, 0) is 38.1 Å². The van der Waals surface area contributed by atoms with Crippen molar-refractivity contribution in [1.29, 1.82) is 0 Å². The van der Waals surface area contributed by atoms with Crippen molar-refractivity contribution in [1.82, 2.24) is 15.8 Å². The van der Waals surface area contributed by atoms with Crippen LogP contribution >= 0.6 is 0 Å². The van der Waals surface area contributed by atoms with Gasteiger partial charge in [0.15, 0.2) is 0 Å². The lowest BCUT2D eigenvalue weighted by molar-refractivity contribution is -0.120. The van der Waals surface area contributed by atoms with Crippen LogP contribution in [-0.4, -0.2) is 36.7 Å². The molecule has 0 aliphatic carbocycles. The SMILES string of the molecule is Cc1noc(C)c1CC(=O)NCC#Cc1ccc(N2CCNC2=O)cc1. The van der Waals surface area contributed by atoms with Gasteiger partial charge in [-0.2, -0.15) is 0 Å². The second-order valence-electron chi connectivity index (χ2n) is 5.99. The highest BCUT2D eigenvalue weighted by molar-refractivity contribution is 5.94. The molecule has 0 atom stereocenters. The lowest BCUT2D eigenvalue weighted by Gasteiger charge is -2.13. The maximum Gasteiger partial charge on any atom is 0.321 e. The van der Waals surface area contributed by atoms with Crippen LogP contribution in [-0.2, 0) is 11.2 Å². The first kappa shape index (κ1) is 17.5. The number of aromatic nitrogens is 1. The molecule has 3 rings (SSSR count). The van der Waals surface area contributed by atoms with Gasteiger partial charge in [0.05, 0.1) is 18.7 Å². The van der Waals surface area contributed by atoms with Crippen LogP contribution in [0.3, 0.4) is 0 Å². The molecule has 1 saturated heterocycles. The molecule has 26 heavy (non-hydrogen) atoms. The van der Waals surface area contributed by atoms with E-state index in [-0.39, 0.29) is 24.9 Å². The summed E-state index contributed by atoms with van der Waals surface area (Å²) in [7, 11) is 0. The standard InChI is InChI=1S/C19H20N4O3/c1-13-17(14(2)26-22-13)12-18(24)20-9-3-4-15-5-7-16(8-6-15)23-11-10-21-19(23)25/h5-8H,9-12H2,1-2H3,(H,20,24)(H,21,25). The summed E-state index contributed by atoms with van der Waals surface area (Å²) in [5.74, 6) is 6.46. The Labute approximate surface area is 151 Å². The van der Waals surface area contributed by atoms with Crippen molar-refractivity contribution in [2.75, 3.05) is 24.5 Å². The van der Waals surface area contributed by atoms with Crippen molar-refractivity contribution in [3.8, 4) is 11.8 Å². The van der Waals surface area contributed by atoms with Crippen LogP contribution in [0.25, 0.3) is 0 Å². The largest absolute Gasteiger partial charge is 0.361 e. The van der Waals surface area contributed by atoms with Gasteiger partial charge in [-0.3, -0.25) is 9.69 Å². The molecule has 1 fully saturated rings. The van der Waals surface area contributed by atoms with E-state index in [9.17, 15) is 9.59 Å². The molecule has 134 valence electrons. The number of benzene rings is 1. The fraction of sp³-hybridized carbons (Fsp3) is 0.316. The first-order valence-electron chi connectivity index (χ1n) is 8.37. The van der Waals surface area contributed by atoms with E-state index in [0.717, 1.165) is 22.5 Å². The Morgan fingerprint density at radius 1 is 1.35 bits per heavy atom. The Hall–Kier alpha value is -3.27. The number of anilines is 1. The van der Waals surface area contributed by atoms with Gasteiger partial charge in [-0.15, -0.1) is 0 Å². The first-order chi connectivity index (χ1) is 12.5. The molecule has 0 radical (unpaired) electrons. The molecule has 1 aromatic carbocycles. The normalized spacial score (nSPS) is 13.2. The second-order valence-corrected chi connectivity index (χ2v) is 5.99. The van der Waals surface area contributed by atoms with E-state index in [4.69, 9.17) is 4.52 Å². The lowest BCUT2D eigenvalue weighted by Crippen LogP contribution is -2.27. The molecule has 2 heterocycles. The van der Waals surface area contributed by atoms with Gasteiger partial charge >= 0.3 is 6.03 Å². The highest BCUT2D eigenvalue weighted by Crippen LogP contribution is 2.16. The van der Waals surface area contributed by atoms with E-state index < -0.39 is 0 Å². The number of nitrogens with one attached hydrogen (secondary N) is 2.